The van der Waals surface area contributed by atoms with E-state index < -0.39 is 6.04 Å². The molecule has 0 radical (unpaired) electrons. The molecule has 2 fully saturated rings. The van der Waals surface area contributed by atoms with Gasteiger partial charge in [-0.2, -0.15) is 0 Å². The van der Waals surface area contributed by atoms with Crippen molar-refractivity contribution in [2.45, 2.75) is 31.7 Å². The zero-order chi connectivity index (χ0) is 15.4. The van der Waals surface area contributed by atoms with Gasteiger partial charge in [-0.3, -0.25) is 4.79 Å². The molecular weight excluding hydrogens is 345 g/mol. The second kappa shape index (κ2) is 10.2. The molecule has 2 heterocycles. The van der Waals surface area contributed by atoms with E-state index in [2.05, 4.69) is 4.90 Å². The van der Waals surface area contributed by atoms with Crippen LogP contribution in [0.3, 0.4) is 0 Å². The highest BCUT2D eigenvalue weighted by molar-refractivity contribution is 5.85. The summed E-state index contributed by atoms with van der Waals surface area (Å²) in [5, 5.41) is 0. The van der Waals surface area contributed by atoms with E-state index in [1.807, 2.05) is 35.2 Å². The van der Waals surface area contributed by atoms with Crippen LogP contribution in [0.5, 0.6) is 0 Å². The normalized spacial score (nSPS) is 21.9. The van der Waals surface area contributed by atoms with E-state index in [0.29, 0.717) is 12.3 Å². The first-order valence-corrected chi connectivity index (χ1v) is 8.53. The van der Waals surface area contributed by atoms with E-state index in [0.717, 1.165) is 31.6 Å². The van der Waals surface area contributed by atoms with Gasteiger partial charge in [-0.05, 0) is 50.3 Å². The van der Waals surface area contributed by atoms with Gasteiger partial charge in [0.15, 0.2) is 0 Å². The number of benzene rings is 1. The predicted octanol–water partition coefficient (Wildman–Crippen LogP) is 2.34. The number of hydrogen-bond donors (Lipinski definition) is 1. The van der Waals surface area contributed by atoms with Gasteiger partial charge in [-0.25, -0.2) is 0 Å². The van der Waals surface area contributed by atoms with Crippen molar-refractivity contribution in [3.8, 4) is 0 Å². The highest BCUT2D eigenvalue weighted by Crippen LogP contribution is 2.20. The van der Waals surface area contributed by atoms with Crippen LogP contribution in [0.25, 0.3) is 0 Å². The molecule has 0 aliphatic carbocycles. The third-order valence-corrected chi connectivity index (χ3v) is 4.93. The van der Waals surface area contributed by atoms with Gasteiger partial charge in [0.1, 0.15) is 0 Å². The van der Waals surface area contributed by atoms with Gasteiger partial charge >= 0.3 is 0 Å². The molecule has 2 aliphatic heterocycles. The van der Waals surface area contributed by atoms with Crippen LogP contribution < -0.4 is 5.73 Å². The summed E-state index contributed by atoms with van der Waals surface area (Å²) in [5.74, 6) is 0.749. The summed E-state index contributed by atoms with van der Waals surface area (Å²) in [6, 6.07) is 9.64. The number of carbonyl (C=O) groups is 1. The molecule has 0 bridgehead atoms. The van der Waals surface area contributed by atoms with Crippen LogP contribution in [-0.4, -0.2) is 54.5 Å². The lowest BCUT2D eigenvalue weighted by Crippen LogP contribution is -2.44. The smallest absolute Gasteiger partial charge is 0.239 e. The minimum atomic E-state index is -0.409. The Kier molecular flexibility index (Phi) is 9.06. The van der Waals surface area contributed by atoms with Crippen LogP contribution in [0, 0.1) is 5.92 Å². The van der Waals surface area contributed by atoms with E-state index in [9.17, 15) is 4.79 Å². The van der Waals surface area contributed by atoms with Crippen LogP contribution in [-0.2, 0) is 11.2 Å². The van der Waals surface area contributed by atoms with Gasteiger partial charge in [-0.15, -0.1) is 24.8 Å². The molecule has 24 heavy (non-hydrogen) atoms. The summed E-state index contributed by atoms with van der Waals surface area (Å²) in [4.78, 5) is 17.0. The number of rotatable bonds is 5. The minimum absolute atomic E-state index is 0. The molecule has 6 heteroatoms. The van der Waals surface area contributed by atoms with Crippen molar-refractivity contribution in [2.75, 3.05) is 32.7 Å². The van der Waals surface area contributed by atoms with Crippen molar-refractivity contribution >= 4 is 30.7 Å². The molecule has 0 aromatic heterocycles. The van der Waals surface area contributed by atoms with E-state index >= 15 is 0 Å². The van der Waals surface area contributed by atoms with E-state index in [1.165, 1.54) is 25.9 Å². The second-order valence-corrected chi connectivity index (χ2v) is 6.74. The zero-order valence-electron chi connectivity index (χ0n) is 14.1. The zero-order valence-corrected chi connectivity index (χ0v) is 15.7. The summed E-state index contributed by atoms with van der Waals surface area (Å²) in [7, 11) is 0. The van der Waals surface area contributed by atoms with Gasteiger partial charge in [-0.1, -0.05) is 30.3 Å². The average molecular weight is 374 g/mol. The molecule has 2 atom stereocenters. The maximum atomic E-state index is 12.5. The monoisotopic (exact) mass is 373 g/mol. The number of nitrogens with two attached hydrogens (primary N) is 1. The topological polar surface area (TPSA) is 49.6 Å². The lowest BCUT2D eigenvalue weighted by atomic mass is 10.1. The molecule has 1 aromatic carbocycles. The molecule has 1 aromatic rings. The first-order chi connectivity index (χ1) is 10.7. The van der Waals surface area contributed by atoms with Crippen LogP contribution in [0.2, 0.25) is 0 Å². The third kappa shape index (κ3) is 5.62. The summed E-state index contributed by atoms with van der Waals surface area (Å²) in [6.45, 7) is 5.38. The van der Waals surface area contributed by atoms with Crippen molar-refractivity contribution in [1.29, 1.82) is 0 Å². The fourth-order valence-electron chi connectivity index (χ4n) is 3.70. The van der Waals surface area contributed by atoms with Gasteiger partial charge < -0.3 is 15.5 Å². The van der Waals surface area contributed by atoms with Gasteiger partial charge in [0.2, 0.25) is 5.91 Å². The Labute approximate surface area is 157 Å². The average Bonchev–Trinajstić information content (AvgIpc) is 3.20. The fraction of sp³-hybridized carbons (Fsp3) is 0.611. The highest BCUT2D eigenvalue weighted by Gasteiger charge is 2.30. The molecule has 2 saturated heterocycles. The maximum Gasteiger partial charge on any atom is 0.239 e. The highest BCUT2D eigenvalue weighted by atomic mass is 35.5. The molecule has 4 nitrogen and oxygen atoms in total. The number of nitrogens with zero attached hydrogens (tertiary/aromatic N) is 2. The van der Waals surface area contributed by atoms with Crippen LogP contribution in [0.1, 0.15) is 24.8 Å². The molecule has 1 amide bonds. The van der Waals surface area contributed by atoms with Crippen molar-refractivity contribution in [2.24, 2.45) is 11.7 Å². The number of hydrogen-bond acceptors (Lipinski definition) is 3. The lowest BCUT2D eigenvalue weighted by Gasteiger charge is -2.23. The van der Waals surface area contributed by atoms with E-state index in [1.54, 1.807) is 0 Å². The minimum Gasteiger partial charge on any atom is -0.341 e. The van der Waals surface area contributed by atoms with E-state index in [4.69, 9.17) is 5.73 Å². The van der Waals surface area contributed by atoms with Crippen molar-refractivity contribution < 1.29 is 4.79 Å². The Hall–Kier alpha value is -0.810. The molecule has 2 N–H and O–H groups in total. The standard InChI is InChI=1S/C18H27N3O.2ClH/c19-17(12-15-6-2-1-3-7-15)18(22)21-11-8-16(14-21)13-20-9-4-5-10-20;;/h1-3,6-7,16-17H,4-5,8-14,19H2;2*1H. The summed E-state index contributed by atoms with van der Waals surface area (Å²) in [5.41, 5.74) is 7.27. The molecule has 136 valence electrons. The molecule has 3 rings (SSSR count). The first-order valence-electron chi connectivity index (χ1n) is 8.53. The molecular formula is C18H29Cl2N3O. The van der Waals surface area contributed by atoms with Crippen LogP contribution in [0.15, 0.2) is 30.3 Å². The van der Waals surface area contributed by atoms with Gasteiger partial charge in [0, 0.05) is 19.6 Å². The first kappa shape index (κ1) is 21.2. The largest absolute Gasteiger partial charge is 0.341 e. The molecule has 2 unspecified atom stereocenters. The SMILES string of the molecule is Cl.Cl.NC(Cc1ccccc1)C(=O)N1CCC(CN2CCCC2)C1. The Morgan fingerprint density at radius 1 is 1.12 bits per heavy atom. The second-order valence-electron chi connectivity index (χ2n) is 6.74. The Morgan fingerprint density at radius 2 is 1.79 bits per heavy atom. The van der Waals surface area contributed by atoms with Gasteiger partial charge in [0.05, 0.1) is 6.04 Å². The van der Waals surface area contributed by atoms with Crippen molar-refractivity contribution in [1.82, 2.24) is 9.80 Å². The molecule has 2 aliphatic rings. The van der Waals surface area contributed by atoms with Gasteiger partial charge in [0.25, 0.3) is 0 Å². The quantitative estimate of drug-likeness (QED) is 0.861. The third-order valence-electron chi connectivity index (χ3n) is 4.93. The number of amides is 1. The Balaban J connectivity index is 0.00000144. The van der Waals surface area contributed by atoms with Crippen LogP contribution >= 0.6 is 24.8 Å². The van der Waals surface area contributed by atoms with Crippen molar-refractivity contribution in [3.05, 3.63) is 35.9 Å². The predicted molar refractivity (Wildman–Crippen MR) is 103 cm³/mol. The lowest BCUT2D eigenvalue weighted by molar-refractivity contribution is -0.131. The van der Waals surface area contributed by atoms with Crippen LogP contribution in [0.4, 0.5) is 0 Å². The number of halogens is 2. The fourth-order valence-corrected chi connectivity index (χ4v) is 3.70. The van der Waals surface area contributed by atoms with Crippen molar-refractivity contribution in [3.63, 3.8) is 0 Å². The Bertz CT molecular complexity index is 494. The number of carbonyl (C=O) groups excluding carboxylic acids is 1. The summed E-state index contributed by atoms with van der Waals surface area (Å²) in [6.07, 6.45) is 4.42. The summed E-state index contributed by atoms with van der Waals surface area (Å²) >= 11 is 0. The molecule has 0 spiro atoms. The van der Waals surface area contributed by atoms with E-state index in [-0.39, 0.29) is 30.7 Å². The maximum absolute atomic E-state index is 12.5. The molecule has 0 saturated carbocycles. The summed E-state index contributed by atoms with van der Waals surface area (Å²) < 4.78 is 0. The Morgan fingerprint density at radius 3 is 2.46 bits per heavy atom. The number of likely N-dealkylation sites (tertiary alicyclic amines) is 2.